The van der Waals surface area contributed by atoms with E-state index in [0.717, 1.165) is 5.56 Å². The van der Waals surface area contributed by atoms with Gasteiger partial charge < -0.3 is 5.32 Å². The summed E-state index contributed by atoms with van der Waals surface area (Å²) in [6.45, 7) is 0. The lowest BCUT2D eigenvalue weighted by Crippen LogP contribution is -2.03. The molecule has 2 aromatic rings. The second-order valence-electron chi connectivity index (χ2n) is 4.55. The third-order valence-corrected chi connectivity index (χ3v) is 3.43. The first kappa shape index (κ1) is 13.3. The number of non-ortho nitro benzene ring substituents is 1. The molecular weight excluding hydrogens is 292 g/mol. The Balaban J connectivity index is 2.09. The summed E-state index contributed by atoms with van der Waals surface area (Å²) in [5.74, 6) is -0.277. The number of amides is 1. The molecule has 104 valence electrons. The molecule has 0 spiro atoms. The third kappa shape index (κ3) is 2.51. The highest BCUT2D eigenvalue weighted by Gasteiger charge is 2.26. The summed E-state index contributed by atoms with van der Waals surface area (Å²) >= 11 is 5.82. The maximum atomic E-state index is 12.0. The number of hydrogen-bond donors (Lipinski definition) is 1. The molecule has 21 heavy (non-hydrogen) atoms. The smallest absolute Gasteiger partial charge is 0.270 e. The van der Waals surface area contributed by atoms with Crippen molar-refractivity contribution in [2.24, 2.45) is 0 Å². The molecule has 0 saturated carbocycles. The van der Waals surface area contributed by atoms with Crippen LogP contribution in [-0.2, 0) is 4.79 Å². The first-order valence-corrected chi connectivity index (χ1v) is 6.50. The molecule has 5 nitrogen and oxygen atoms in total. The van der Waals surface area contributed by atoms with Crippen LogP contribution in [0.2, 0.25) is 5.02 Å². The van der Waals surface area contributed by atoms with Crippen LogP contribution in [0.5, 0.6) is 0 Å². The molecule has 1 heterocycles. The summed E-state index contributed by atoms with van der Waals surface area (Å²) in [6, 6.07) is 11.3. The van der Waals surface area contributed by atoms with E-state index in [1.807, 2.05) is 0 Å². The number of nitrogens with one attached hydrogen (secondary N) is 1. The van der Waals surface area contributed by atoms with Gasteiger partial charge >= 0.3 is 0 Å². The van der Waals surface area contributed by atoms with Crippen LogP contribution in [0.4, 0.5) is 11.4 Å². The van der Waals surface area contributed by atoms with Crippen LogP contribution in [0, 0.1) is 10.1 Å². The van der Waals surface area contributed by atoms with Crippen molar-refractivity contribution in [3.8, 4) is 0 Å². The van der Waals surface area contributed by atoms with Gasteiger partial charge in [0.2, 0.25) is 0 Å². The van der Waals surface area contributed by atoms with Gasteiger partial charge in [-0.05, 0) is 29.8 Å². The van der Waals surface area contributed by atoms with Gasteiger partial charge in [-0.3, -0.25) is 14.9 Å². The topological polar surface area (TPSA) is 72.2 Å². The van der Waals surface area contributed by atoms with E-state index in [1.165, 1.54) is 18.2 Å². The van der Waals surface area contributed by atoms with E-state index in [2.05, 4.69) is 5.32 Å². The normalized spacial score (nSPS) is 14.9. The number of carbonyl (C=O) groups excluding carboxylic acids is 1. The standard InChI is InChI=1S/C15H9ClN2O3/c16-10-3-1-9(2-4-10)7-13-12-8-11(18(20)21)5-6-14(12)17-15(13)19/h1-8H,(H,17,19)/b13-7-. The average Bonchev–Trinajstić information content (AvgIpc) is 2.77. The minimum Gasteiger partial charge on any atom is -0.321 e. The Labute approximate surface area is 125 Å². The minimum absolute atomic E-state index is 0.0488. The number of anilines is 1. The molecule has 0 fully saturated rings. The summed E-state index contributed by atoms with van der Waals surface area (Å²) in [5.41, 5.74) is 2.25. The van der Waals surface area contributed by atoms with Crippen LogP contribution < -0.4 is 5.32 Å². The maximum Gasteiger partial charge on any atom is 0.270 e. The van der Waals surface area contributed by atoms with Gasteiger partial charge in [0.25, 0.3) is 11.6 Å². The van der Waals surface area contributed by atoms with Crippen molar-refractivity contribution >= 4 is 40.5 Å². The molecule has 0 aromatic heterocycles. The Morgan fingerprint density at radius 3 is 2.52 bits per heavy atom. The fraction of sp³-hybridized carbons (Fsp3) is 0. The van der Waals surface area contributed by atoms with Gasteiger partial charge in [-0.2, -0.15) is 0 Å². The van der Waals surface area contributed by atoms with Gasteiger partial charge in [0.05, 0.1) is 4.92 Å². The first-order valence-electron chi connectivity index (χ1n) is 6.12. The van der Waals surface area contributed by atoms with E-state index < -0.39 is 4.92 Å². The average molecular weight is 301 g/mol. The number of rotatable bonds is 2. The Kier molecular flexibility index (Phi) is 3.19. The molecule has 0 radical (unpaired) electrons. The number of fused-ring (bicyclic) bond motifs is 1. The molecule has 0 saturated heterocycles. The molecule has 0 atom stereocenters. The van der Waals surface area contributed by atoms with Crippen LogP contribution in [0.25, 0.3) is 11.6 Å². The van der Waals surface area contributed by atoms with Crippen molar-refractivity contribution in [3.05, 3.63) is 68.7 Å². The monoisotopic (exact) mass is 300 g/mol. The highest BCUT2D eigenvalue weighted by molar-refractivity contribution is 6.35. The second-order valence-corrected chi connectivity index (χ2v) is 4.99. The Hall–Kier alpha value is -2.66. The van der Waals surface area contributed by atoms with Gasteiger partial charge in [-0.25, -0.2) is 0 Å². The van der Waals surface area contributed by atoms with Gasteiger partial charge in [0, 0.05) is 34.0 Å². The SMILES string of the molecule is O=C1Nc2ccc([N+](=O)[O-])cc2/C1=C/c1ccc(Cl)cc1. The molecule has 1 amide bonds. The number of halogens is 1. The van der Waals surface area contributed by atoms with Crippen molar-refractivity contribution in [2.75, 3.05) is 5.32 Å². The summed E-state index contributed by atoms with van der Waals surface area (Å²) < 4.78 is 0. The number of carbonyl (C=O) groups is 1. The highest BCUT2D eigenvalue weighted by atomic mass is 35.5. The number of nitro benzene ring substituents is 1. The molecule has 0 unspecified atom stereocenters. The van der Waals surface area contributed by atoms with Crippen molar-refractivity contribution in [1.29, 1.82) is 0 Å². The predicted octanol–water partition coefficient (Wildman–Crippen LogP) is 3.74. The van der Waals surface area contributed by atoms with Crippen LogP contribution in [-0.4, -0.2) is 10.8 Å². The van der Waals surface area contributed by atoms with E-state index >= 15 is 0 Å². The minimum atomic E-state index is -0.483. The molecule has 1 aliphatic heterocycles. The van der Waals surface area contributed by atoms with Crippen molar-refractivity contribution in [3.63, 3.8) is 0 Å². The number of nitro groups is 1. The molecular formula is C15H9ClN2O3. The highest BCUT2D eigenvalue weighted by Crippen LogP contribution is 2.35. The third-order valence-electron chi connectivity index (χ3n) is 3.18. The van der Waals surface area contributed by atoms with E-state index in [4.69, 9.17) is 11.6 Å². The zero-order valence-corrected chi connectivity index (χ0v) is 11.4. The molecule has 1 N–H and O–H groups in total. The van der Waals surface area contributed by atoms with Crippen LogP contribution in [0.1, 0.15) is 11.1 Å². The lowest BCUT2D eigenvalue weighted by molar-refractivity contribution is -0.384. The molecule has 3 rings (SSSR count). The molecule has 2 aromatic carbocycles. The van der Waals surface area contributed by atoms with Crippen molar-refractivity contribution in [2.45, 2.75) is 0 Å². The van der Waals surface area contributed by atoms with Gasteiger partial charge in [0.1, 0.15) is 0 Å². The summed E-state index contributed by atoms with van der Waals surface area (Å²) in [7, 11) is 0. The predicted molar refractivity (Wildman–Crippen MR) is 81.0 cm³/mol. The molecule has 1 aliphatic rings. The summed E-state index contributed by atoms with van der Waals surface area (Å²) in [5, 5.41) is 14.1. The number of hydrogen-bond acceptors (Lipinski definition) is 3. The second kappa shape index (κ2) is 5.03. The molecule has 0 aliphatic carbocycles. The number of benzene rings is 2. The zero-order chi connectivity index (χ0) is 15.0. The first-order chi connectivity index (χ1) is 10.0. The van der Waals surface area contributed by atoms with E-state index in [-0.39, 0.29) is 11.6 Å². The fourth-order valence-corrected chi connectivity index (χ4v) is 2.28. The Morgan fingerprint density at radius 2 is 1.86 bits per heavy atom. The zero-order valence-electron chi connectivity index (χ0n) is 10.7. The number of nitrogens with zero attached hydrogens (tertiary/aromatic N) is 1. The lowest BCUT2D eigenvalue weighted by atomic mass is 10.0. The van der Waals surface area contributed by atoms with E-state index in [1.54, 1.807) is 30.3 Å². The van der Waals surface area contributed by atoms with Crippen molar-refractivity contribution in [1.82, 2.24) is 0 Å². The van der Waals surface area contributed by atoms with Crippen LogP contribution >= 0.6 is 11.6 Å². The molecule has 0 bridgehead atoms. The molecule has 6 heteroatoms. The summed E-state index contributed by atoms with van der Waals surface area (Å²) in [4.78, 5) is 22.4. The van der Waals surface area contributed by atoms with Crippen molar-refractivity contribution < 1.29 is 9.72 Å². The lowest BCUT2D eigenvalue weighted by Gasteiger charge is -1.99. The van der Waals surface area contributed by atoms with Crippen LogP contribution in [0.15, 0.2) is 42.5 Å². The fourth-order valence-electron chi connectivity index (χ4n) is 2.16. The van der Waals surface area contributed by atoms with E-state index in [0.29, 0.717) is 21.8 Å². The van der Waals surface area contributed by atoms with Crippen LogP contribution in [0.3, 0.4) is 0 Å². The van der Waals surface area contributed by atoms with E-state index in [9.17, 15) is 14.9 Å². The summed E-state index contributed by atoms with van der Waals surface area (Å²) in [6.07, 6.45) is 1.68. The Morgan fingerprint density at radius 1 is 1.14 bits per heavy atom. The van der Waals surface area contributed by atoms with Gasteiger partial charge in [0.15, 0.2) is 0 Å². The quantitative estimate of drug-likeness (QED) is 0.521. The maximum absolute atomic E-state index is 12.0. The largest absolute Gasteiger partial charge is 0.321 e. The Bertz CT molecular complexity index is 782. The van der Waals surface area contributed by atoms with Gasteiger partial charge in [-0.1, -0.05) is 23.7 Å². The van der Waals surface area contributed by atoms with Gasteiger partial charge in [-0.15, -0.1) is 0 Å².